The van der Waals surface area contributed by atoms with E-state index in [2.05, 4.69) is 24.2 Å². The zero-order chi connectivity index (χ0) is 30.2. The van der Waals surface area contributed by atoms with E-state index in [0.717, 1.165) is 36.8 Å². The number of amides is 2. The minimum absolute atomic E-state index is 0.0246. The van der Waals surface area contributed by atoms with Gasteiger partial charge in [0, 0.05) is 53.9 Å². The van der Waals surface area contributed by atoms with Crippen LogP contribution >= 0.6 is 0 Å². The van der Waals surface area contributed by atoms with Crippen molar-refractivity contribution >= 4 is 47.2 Å². The molecule has 218 valence electrons. The van der Waals surface area contributed by atoms with E-state index in [4.69, 9.17) is 10.5 Å². The normalized spacial score (nSPS) is 14.2. The van der Waals surface area contributed by atoms with E-state index in [1.807, 2.05) is 23.1 Å². The first-order valence-electron chi connectivity index (χ1n) is 13.4. The van der Waals surface area contributed by atoms with Gasteiger partial charge in [-0.2, -0.15) is 13.2 Å². The molecule has 0 bridgehead atoms. The quantitative estimate of drug-likeness (QED) is 0.418. The van der Waals surface area contributed by atoms with Crippen LogP contribution in [0.4, 0.5) is 24.5 Å². The third-order valence-corrected chi connectivity index (χ3v) is 6.46. The number of rotatable bonds is 7. The summed E-state index contributed by atoms with van der Waals surface area (Å²) >= 11 is 0. The summed E-state index contributed by atoms with van der Waals surface area (Å²) in [6, 6.07) is 10.7. The van der Waals surface area contributed by atoms with Crippen molar-refractivity contribution < 1.29 is 32.3 Å². The molecule has 8 nitrogen and oxygen atoms in total. The monoisotopic (exact) mass is 570 g/mol. The average molecular weight is 571 g/mol. The van der Waals surface area contributed by atoms with E-state index in [1.54, 1.807) is 24.3 Å². The molecule has 0 saturated carbocycles. The first kappa shape index (κ1) is 31.3. The van der Waals surface area contributed by atoms with Gasteiger partial charge < -0.3 is 16.0 Å². The Balaban J connectivity index is 0.000000696. The van der Waals surface area contributed by atoms with Crippen molar-refractivity contribution in [3.05, 3.63) is 64.2 Å². The molecule has 0 radical (unpaired) electrons. The molecule has 0 unspecified atom stereocenters. The molecule has 2 aliphatic rings. The Bertz CT molecular complexity index is 1380. The van der Waals surface area contributed by atoms with E-state index in [-0.39, 0.29) is 24.0 Å². The molecule has 0 fully saturated rings. The molecular formula is C30H33F3N4O4. The molecule has 4 rings (SSSR count). The summed E-state index contributed by atoms with van der Waals surface area (Å²) in [6.45, 7) is 5.50. The number of benzene rings is 2. The summed E-state index contributed by atoms with van der Waals surface area (Å²) in [5, 5.41) is 2.89. The maximum absolute atomic E-state index is 13.1. The molecule has 41 heavy (non-hydrogen) atoms. The Morgan fingerprint density at radius 1 is 1.07 bits per heavy atom. The van der Waals surface area contributed by atoms with Crippen LogP contribution in [0.25, 0.3) is 6.08 Å². The topological polar surface area (TPSA) is 122 Å². The number of carbonyl (C=O) groups is 4. The van der Waals surface area contributed by atoms with Gasteiger partial charge in [0.15, 0.2) is 5.78 Å². The molecule has 1 aliphatic heterocycles. The predicted molar refractivity (Wildman–Crippen MR) is 151 cm³/mol. The van der Waals surface area contributed by atoms with Crippen molar-refractivity contribution in [3.8, 4) is 0 Å². The number of ketones is 1. The maximum Gasteiger partial charge on any atom is 0.446 e. The van der Waals surface area contributed by atoms with E-state index in [0.29, 0.717) is 53.4 Å². The minimum atomic E-state index is -4.64. The predicted octanol–water partition coefficient (Wildman–Crippen LogP) is 5.63. The zero-order valence-corrected chi connectivity index (χ0v) is 23.0. The Morgan fingerprint density at radius 2 is 1.76 bits per heavy atom. The number of amidine groups is 1. The number of nitrogens with two attached hydrogens (primary N) is 1. The highest BCUT2D eigenvalue weighted by molar-refractivity contribution is 6.08. The SMILES string of the molecule is CCCN(CCC)C(=O)C1=Cc2ccc(C(=O)Nc3ccc4c(c3)C(=O)CCC4)cc2N=C(N)C1.O=CC(F)(F)F. The molecular weight excluding hydrogens is 537 g/mol. The van der Waals surface area contributed by atoms with Crippen LogP contribution in [-0.2, 0) is 16.0 Å². The number of carbonyl (C=O) groups excluding carboxylic acids is 4. The second kappa shape index (κ2) is 13.9. The Kier molecular flexibility index (Phi) is 10.6. The van der Waals surface area contributed by atoms with Crippen LogP contribution in [0.15, 0.2) is 47.0 Å². The van der Waals surface area contributed by atoms with Crippen LogP contribution in [0.1, 0.15) is 77.8 Å². The molecule has 0 aromatic heterocycles. The average Bonchev–Trinajstić information content (AvgIpc) is 3.10. The fraction of sp³-hybridized carbons (Fsp3) is 0.367. The molecule has 2 aromatic carbocycles. The van der Waals surface area contributed by atoms with Crippen molar-refractivity contribution in [3.63, 3.8) is 0 Å². The fourth-order valence-corrected chi connectivity index (χ4v) is 4.64. The number of hydrogen-bond acceptors (Lipinski definition) is 6. The molecule has 3 N–H and O–H groups in total. The number of aliphatic imine (C=N–C) groups is 1. The summed E-state index contributed by atoms with van der Waals surface area (Å²) in [7, 11) is 0. The van der Waals surface area contributed by atoms with Gasteiger partial charge in [-0.25, -0.2) is 4.99 Å². The van der Waals surface area contributed by atoms with Crippen LogP contribution in [0.3, 0.4) is 0 Å². The second-order valence-electron chi connectivity index (χ2n) is 9.78. The van der Waals surface area contributed by atoms with Crippen LogP contribution in [-0.4, -0.2) is 53.9 Å². The number of Topliss-reactive ketones (excluding diaryl/α,β-unsaturated/α-hetero) is 1. The van der Waals surface area contributed by atoms with Crippen molar-refractivity contribution in [1.82, 2.24) is 4.90 Å². The number of aryl methyl sites for hydroxylation is 1. The van der Waals surface area contributed by atoms with E-state index in [1.165, 1.54) is 0 Å². The van der Waals surface area contributed by atoms with Gasteiger partial charge >= 0.3 is 6.18 Å². The van der Waals surface area contributed by atoms with Crippen LogP contribution in [0.5, 0.6) is 0 Å². The Morgan fingerprint density at radius 3 is 2.39 bits per heavy atom. The van der Waals surface area contributed by atoms with Gasteiger partial charge in [0.05, 0.1) is 5.69 Å². The lowest BCUT2D eigenvalue weighted by Gasteiger charge is -2.22. The minimum Gasteiger partial charge on any atom is -0.387 e. The molecule has 0 atom stereocenters. The summed E-state index contributed by atoms with van der Waals surface area (Å²) in [4.78, 5) is 53.4. The smallest absolute Gasteiger partial charge is 0.387 e. The maximum atomic E-state index is 13.1. The lowest BCUT2D eigenvalue weighted by atomic mass is 9.90. The summed E-state index contributed by atoms with van der Waals surface area (Å²) < 4.78 is 31.2. The molecule has 11 heteroatoms. The Labute approximate surface area is 236 Å². The number of halogens is 3. The number of alkyl halides is 3. The fourth-order valence-electron chi connectivity index (χ4n) is 4.64. The lowest BCUT2D eigenvalue weighted by molar-refractivity contribution is -0.156. The van der Waals surface area contributed by atoms with Gasteiger partial charge in [0.25, 0.3) is 5.91 Å². The van der Waals surface area contributed by atoms with Crippen molar-refractivity contribution in [2.75, 3.05) is 18.4 Å². The zero-order valence-electron chi connectivity index (χ0n) is 23.0. The number of nitrogens with one attached hydrogen (secondary N) is 1. The van der Waals surface area contributed by atoms with E-state index in [9.17, 15) is 27.6 Å². The van der Waals surface area contributed by atoms with Crippen molar-refractivity contribution in [2.45, 2.75) is 58.5 Å². The third-order valence-electron chi connectivity index (χ3n) is 6.46. The lowest BCUT2D eigenvalue weighted by Crippen LogP contribution is -2.34. The summed E-state index contributed by atoms with van der Waals surface area (Å²) in [5.74, 6) is 0.127. The second-order valence-corrected chi connectivity index (χ2v) is 9.78. The summed E-state index contributed by atoms with van der Waals surface area (Å²) in [5.41, 5.74) is 10.8. The number of hydrogen-bond donors (Lipinski definition) is 2. The van der Waals surface area contributed by atoms with Gasteiger partial charge in [0.1, 0.15) is 5.84 Å². The van der Waals surface area contributed by atoms with Gasteiger partial charge in [-0.3, -0.25) is 19.2 Å². The van der Waals surface area contributed by atoms with Crippen LogP contribution in [0, 0.1) is 0 Å². The molecule has 2 aromatic rings. The van der Waals surface area contributed by atoms with E-state index < -0.39 is 12.5 Å². The molecule has 0 saturated heterocycles. The molecule has 0 spiro atoms. The number of anilines is 1. The molecule has 2 amide bonds. The first-order chi connectivity index (χ1) is 19.4. The van der Waals surface area contributed by atoms with E-state index >= 15 is 0 Å². The van der Waals surface area contributed by atoms with Crippen molar-refractivity contribution in [2.24, 2.45) is 10.7 Å². The number of fused-ring (bicyclic) bond motifs is 2. The van der Waals surface area contributed by atoms with Gasteiger partial charge in [-0.15, -0.1) is 0 Å². The third kappa shape index (κ3) is 8.60. The van der Waals surface area contributed by atoms with Gasteiger partial charge in [-0.1, -0.05) is 26.0 Å². The van der Waals surface area contributed by atoms with Gasteiger partial charge in [0.2, 0.25) is 12.2 Å². The van der Waals surface area contributed by atoms with Gasteiger partial charge in [-0.05, 0) is 61.6 Å². The Hall–Kier alpha value is -4.28. The van der Waals surface area contributed by atoms with Crippen molar-refractivity contribution in [1.29, 1.82) is 0 Å². The molecule has 1 aliphatic carbocycles. The highest BCUT2D eigenvalue weighted by Gasteiger charge is 2.25. The van der Waals surface area contributed by atoms with Crippen LogP contribution < -0.4 is 11.1 Å². The highest BCUT2D eigenvalue weighted by Crippen LogP contribution is 2.29. The standard InChI is InChI=1S/C28H32N4O3.C2HF3O/c1-3-12-32(13-4-2)28(35)21-14-19-8-9-20(15-24(19)31-26(29)16-21)27(34)30-22-11-10-18-6-5-7-25(33)23(18)17-22;3-2(4,5)1-6/h8-11,14-15,17H,3-7,12-13,16H2,1-2H3,(H2,29,31)(H,30,34);1H. The number of aldehydes is 1. The van der Waals surface area contributed by atoms with Crippen LogP contribution in [0.2, 0.25) is 0 Å². The molecule has 1 heterocycles. The highest BCUT2D eigenvalue weighted by atomic mass is 19.4. The summed E-state index contributed by atoms with van der Waals surface area (Å²) in [6.07, 6.45) is 0.456. The largest absolute Gasteiger partial charge is 0.446 e. The first-order valence-corrected chi connectivity index (χ1v) is 13.4. The number of nitrogens with zero attached hydrogens (tertiary/aromatic N) is 2.